The highest BCUT2D eigenvalue weighted by Gasteiger charge is 2.18. The average Bonchev–Trinajstić information content (AvgIpc) is 2.68. The molecule has 0 amide bonds. The van der Waals surface area contributed by atoms with Crippen molar-refractivity contribution in [3.8, 4) is 0 Å². The van der Waals surface area contributed by atoms with E-state index in [9.17, 15) is 0 Å². The number of hydrogen-bond acceptors (Lipinski definition) is 2. The van der Waals surface area contributed by atoms with Crippen LogP contribution in [0.4, 0.5) is 0 Å². The Balaban J connectivity index is 1.75. The summed E-state index contributed by atoms with van der Waals surface area (Å²) < 4.78 is 1.94. The Morgan fingerprint density at radius 1 is 1.30 bits per heavy atom. The molecular formula is C17H23N3. The highest BCUT2D eigenvalue weighted by molar-refractivity contribution is 5.31. The number of rotatable bonds is 3. The number of nitrogens with zero attached hydrogens (tertiary/aromatic N) is 2. The Morgan fingerprint density at radius 2 is 2.15 bits per heavy atom. The molecule has 0 radical (unpaired) electrons. The van der Waals surface area contributed by atoms with Crippen LogP contribution in [0.1, 0.15) is 47.7 Å². The predicted molar refractivity (Wildman–Crippen MR) is 81.5 cm³/mol. The minimum Gasteiger partial charge on any atom is -0.306 e. The van der Waals surface area contributed by atoms with Gasteiger partial charge in [0.1, 0.15) is 0 Å². The molecule has 0 saturated carbocycles. The fourth-order valence-electron chi connectivity index (χ4n) is 3.08. The topological polar surface area (TPSA) is 29.9 Å². The number of nitrogens with one attached hydrogen (secondary N) is 1. The second kappa shape index (κ2) is 5.80. The van der Waals surface area contributed by atoms with Crippen LogP contribution in [-0.2, 0) is 20.0 Å². The summed E-state index contributed by atoms with van der Waals surface area (Å²) in [6.07, 6.45) is 7.04. The van der Waals surface area contributed by atoms with E-state index in [1.165, 1.54) is 48.1 Å². The lowest BCUT2D eigenvalue weighted by Crippen LogP contribution is -2.21. The summed E-state index contributed by atoms with van der Waals surface area (Å²) in [4.78, 5) is 0. The molecule has 3 heteroatoms. The molecule has 1 aliphatic carbocycles. The maximum atomic E-state index is 4.32. The van der Waals surface area contributed by atoms with Crippen LogP contribution >= 0.6 is 0 Å². The highest BCUT2D eigenvalue weighted by Crippen LogP contribution is 2.28. The van der Waals surface area contributed by atoms with Crippen LogP contribution in [0.15, 0.2) is 30.5 Å². The lowest BCUT2D eigenvalue weighted by atomic mass is 9.99. The molecule has 1 aliphatic rings. The van der Waals surface area contributed by atoms with Gasteiger partial charge in [0.05, 0.1) is 6.20 Å². The zero-order valence-electron chi connectivity index (χ0n) is 12.4. The smallest absolute Gasteiger partial charge is 0.0537 e. The molecule has 0 bridgehead atoms. The van der Waals surface area contributed by atoms with Crippen molar-refractivity contribution in [2.24, 2.45) is 7.05 Å². The van der Waals surface area contributed by atoms with E-state index in [1.807, 2.05) is 17.9 Å². The summed E-state index contributed by atoms with van der Waals surface area (Å²) in [5.41, 5.74) is 5.56. The van der Waals surface area contributed by atoms with E-state index in [2.05, 4.69) is 41.6 Å². The first-order chi connectivity index (χ1) is 9.75. The Morgan fingerprint density at radius 3 is 2.95 bits per heavy atom. The summed E-state index contributed by atoms with van der Waals surface area (Å²) in [5.74, 6) is 0. The van der Waals surface area contributed by atoms with E-state index < -0.39 is 0 Å². The zero-order chi connectivity index (χ0) is 13.9. The molecule has 0 saturated heterocycles. The molecule has 3 nitrogen and oxygen atoms in total. The highest BCUT2D eigenvalue weighted by atomic mass is 15.3. The molecule has 106 valence electrons. The first-order valence-electron chi connectivity index (χ1n) is 7.54. The Bertz CT molecular complexity index is 586. The second-order valence-corrected chi connectivity index (χ2v) is 5.76. The van der Waals surface area contributed by atoms with Crippen molar-refractivity contribution in [1.29, 1.82) is 0 Å². The molecule has 1 unspecified atom stereocenters. The predicted octanol–water partition coefficient (Wildman–Crippen LogP) is 3.29. The largest absolute Gasteiger partial charge is 0.306 e. The SMILES string of the molecule is Cc1c(CNC2CCCCc3ccccc32)cnn1C. The molecule has 1 atom stereocenters. The van der Waals surface area contributed by atoms with E-state index in [0.717, 1.165) is 6.54 Å². The van der Waals surface area contributed by atoms with E-state index in [-0.39, 0.29) is 0 Å². The van der Waals surface area contributed by atoms with Crippen LogP contribution in [0.25, 0.3) is 0 Å². The average molecular weight is 269 g/mol. The molecule has 1 aromatic heterocycles. The fraction of sp³-hybridized carbons (Fsp3) is 0.471. The third-order valence-corrected chi connectivity index (χ3v) is 4.50. The third kappa shape index (κ3) is 2.63. The number of aryl methyl sites for hydroxylation is 2. The Hall–Kier alpha value is -1.61. The fourth-order valence-corrected chi connectivity index (χ4v) is 3.08. The van der Waals surface area contributed by atoms with Crippen molar-refractivity contribution in [3.63, 3.8) is 0 Å². The van der Waals surface area contributed by atoms with Crippen LogP contribution in [0.5, 0.6) is 0 Å². The molecule has 0 spiro atoms. The van der Waals surface area contributed by atoms with E-state index in [4.69, 9.17) is 0 Å². The van der Waals surface area contributed by atoms with Gasteiger partial charge in [-0.2, -0.15) is 5.10 Å². The molecule has 0 fully saturated rings. The minimum absolute atomic E-state index is 0.480. The quantitative estimate of drug-likeness (QED) is 0.867. The second-order valence-electron chi connectivity index (χ2n) is 5.76. The van der Waals surface area contributed by atoms with Gasteiger partial charge in [-0.15, -0.1) is 0 Å². The number of fused-ring (bicyclic) bond motifs is 1. The normalized spacial score (nSPS) is 18.6. The Kier molecular flexibility index (Phi) is 3.88. The van der Waals surface area contributed by atoms with Gasteiger partial charge in [0.2, 0.25) is 0 Å². The number of benzene rings is 1. The van der Waals surface area contributed by atoms with Gasteiger partial charge in [0.25, 0.3) is 0 Å². The van der Waals surface area contributed by atoms with Crippen molar-refractivity contribution < 1.29 is 0 Å². The van der Waals surface area contributed by atoms with Crippen molar-refractivity contribution in [2.75, 3.05) is 0 Å². The van der Waals surface area contributed by atoms with Gasteiger partial charge in [-0.1, -0.05) is 30.7 Å². The molecule has 1 aromatic carbocycles. The van der Waals surface area contributed by atoms with Crippen molar-refractivity contribution in [1.82, 2.24) is 15.1 Å². The van der Waals surface area contributed by atoms with Gasteiger partial charge < -0.3 is 5.32 Å². The summed E-state index contributed by atoms with van der Waals surface area (Å²) in [7, 11) is 2.00. The molecule has 3 rings (SSSR count). The molecular weight excluding hydrogens is 246 g/mol. The van der Waals surface area contributed by atoms with Crippen molar-refractivity contribution in [3.05, 3.63) is 52.8 Å². The zero-order valence-corrected chi connectivity index (χ0v) is 12.4. The monoisotopic (exact) mass is 269 g/mol. The summed E-state index contributed by atoms with van der Waals surface area (Å²) in [6, 6.07) is 9.37. The van der Waals surface area contributed by atoms with Crippen LogP contribution < -0.4 is 5.32 Å². The first kappa shape index (κ1) is 13.4. The first-order valence-corrected chi connectivity index (χ1v) is 7.54. The summed E-state index contributed by atoms with van der Waals surface area (Å²) >= 11 is 0. The minimum atomic E-state index is 0.480. The number of hydrogen-bond donors (Lipinski definition) is 1. The maximum Gasteiger partial charge on any atom is 0.0537 e. The molecule has 1 heterocycles. The molecule has 20 heavy (non-hydrogen) atoms. The van der Waals surface area contributed by atoms with Crippen LogP contribution in [-0.4, -0.2) is 9.78 Å². The van der Waals surface area contributed by atoms with Gasteiger partial charge in [-0.05, 0) is 37.3 Å². The third-order valence-electron chi connectivity index (χ3n) is 4.50. The van der Waals surface area contributed by atoms with Crippen molar-refractivity contribution >= 4 is 0 Å². The van der Waals surface area contributed by atoms with Crippen LogP contribution in [0, 0.1) is 6.92 Å². The summed E-state index contributed by atoms with van der Waals surface area (Å²) in [5, 5.41) is 8.05. The van der Waals surface area contributed by atoms with Gasteiger partial charge in [0.15, 0.2) is 0 Å². The lowest BCUT2D eigenvalue weighted by molar-refractivity contribution is 0.488. The van der Waals surface area contributed by atoms with Gasteiger partial charge in [-0.3, -0.25) is 4.68 Å². The Labute approximate surface area is 121 Å². The van der Waals surface area contributed by atoms with E-state index >= 15 is 0 Å². The number of aromatic nitrogens is 2. The van der Waals surface area contributed by atoms with E-state index in [1.54, 1.807) is 0 Å². The van der Waals surface area contributed by atoms with Crippen molar-refractivity contribution in [2.45, 2.75) is 45.2 Å². The molecule has 2 aromatic rings. The maximum absolute atomic E-state index is 4.32. The van der Waals surface area contributed by atoms with Crippen LogP contribution in [0.2, 0.25) is 0 Å². The van der Waals surface area contributed by atoms with Crippen LogP contribution in [0.3, 0.4) is 0 Å². The van der Waals surface area contributed by atoms with E-state index in [0.29, 0.717) is 6.04 Å². The molecule has 1 N–H and O–H groups in total. The lowest BCUT2D eigenvalue weighted by Gasteiger charge is -2.19. The summed E-state index contributed by atoms with van der Waals surface area (Å²) in [6.45, 7) is 3.03. The van der Waals surface area contributed by atoms with Gasteiger partial charge >= 0.3 is 0 Å². The van der Waals surface area contributed by atoms with Gasteiger partial charge in [0, 0.05) is 30.9 Å². The standard InChI is InChI=1S/C17H23N3/c1-13-15(12-19-20(13)2)11-18-17-10-6-4-8-14-7-3-5-9-16(14)17/h3,5,7,9,12,17-18H,4,6,8,10-11H2,1-2H3. The molecule has 0 aliphatic heterocycles. The van der Waals surface area contributed by atoms with Gasteiger partial charge in [-0.25, -0.2) is 0 Å².